The molecular formula is C14H17N5O. The standard InChI is InChI=1S/C14H17N5O/c1-2-6-16-14-17-9-5-12(19-14)13(20)18-10-11-3-7-15-8-4-11/h3-5,7-9H,2,6,10H2,1H3,(H,18,20)(H,16,17,19). The van der Waals surface area contributed by atoms with Crippen molar-refractivity contribution in [3.05, 3.63) is 48.0 Å². The van der Waals surface area contributed by atoms with Gasteiger partial charge >= 0.3 is 0 Å². The van der Waals surface area contributed by atoms with Crippen LogP contribution in [-0.4, -0.2) is 27.4 Å². The van der Waals surface area contributed by atoms with Gasteiger partial charge in [-0.3, -0.25) is 9.78 Å². The van der Waals surface area contributed by atoms with Gasteiger partial charge in [0.15, 0.2) is 0 Å². The highest BCUT2D eigenvalue weighted by Crippen LogP contribution is 2.02. The predicted molar refractivity (Wildman–Crippen MR) is 76.2 cm³/mol. The Labute approximate surface area is 117 Å². The van der Waals surface area contributed by atoms with Gasteiger partial charge in [0.25, 0.3) is 5.91 Å². The number of rotatable bonds is 6. The minimum absolute atomic E-state index is 0.219. The van der Waals surface area contributed by atoms with Crippen LogP contribution in [0.5, 0.6) is 0 Å². The number of aromatic nitrogens is 3. The number of carbonyl (C=O) groups excluding carboxylic acids is 1. The van der Waals surface area contributed by atoms with Crippen LogP contribution in [0.15, 0.2) is 36.8 Å². The lowest BCUT2D eigenvalue weighted by Gasteiger charge is -2.06. The molecule has 0 aliphatic carbocycles. The fourth-order valence-corrected chi connectivity index (χ4v) is 1.58. The van der Waals surface area contributed by atoms with Crippen molar-refractivity contribution in [2.75, 3.05) is 11.9 Å². The van der Waals surface area contributed by atoms with Gasteiger partial charge in [-0.1, -0.05) is 6.92 Å². The van der Waals surface area contributed by atoms with Crippen molar-refractivity contribution in [1.82, 2.24) is 20.3 Å². The molecule has 0 saturated heterocycles. The van der Waals surface area contributed by atoms with Crippen molar-refractivity contribution in [2.24, 2.45) is 0 Å². The Hall–Kier alpha value is -2.50. The average Bonchev–Trinajstić information content (AvgIpc) is 2.52. The molecule has 0 aliphatic rings. The monoisotopic (exact) mass is 271 g/mol. The Morgan fingerprint density at radius 3 is 2.75 bits per heavy atom. The number of hydrogen-bond donors (Lipinski definition) is 2. The molecule has 0 aromatic carbocycles. The van der Waals surface area contributed by atoms with Crippen molar-refractivity contribution < 1.29 is 4.79 Å². The predicted octanol–water partition coefficient (Wildman–Crippen LogP) is 1.62. The average molecular weight is 271 g/mol. The second kappa shape index (κ2) is 7.18. The van der Waals surface area contributed by atoms with E-state index in [4.69, 9.17) is 0 Å². The molecule has 0 unspecified atom stereocenters. The van der Waals surface area contributed by atoms with Crippen molar-refractivity contribution in [1.29, 1.82) is 0 Å². The topological polar surface area (TPSA) is 79.8 Å². The molecule has 0 atom stereocenters. The number of nitrogens with zero attached hydrogens (tertiary/aromatic N) is 3. The molecule has 20 heavy (non-hydrogen) atoms. The highest BCUT2D eigenvalue weighted by molar-refractivity contribution is 5.92. The molecular weight excluding hydrogens is 254 g/mol. The van der Waals surface area contributed by atoms with E-state index >= 15 is 0 Å². The highest BCUT2D eigenvalue weighted by atomic mass is 16.1. The third-order valence-corrected chi connectivity index (χ3v) is 2.62. The van der Waals surface area contributed by atoms with Crippen LogP contribution in [0, 0.1) is 0 Å². The summed E-state index contributed by atoms with van der Waals surface area (Å²) in [6.07, 6.45) is 5.94. The van der Waals surface area contributed by atoms with Gasteiger partial charge in [0.05, 0.1) is 0 Å². The summed E-state index contributed by atoms with van der Waals surface area (Å²) >= 11 is 0. The first kappa shape index (κ1) is 13.9. The van der Waals surface area contributed by atoms with Crippen LogP contribution < -0.4 is 10.6 Å². The maximum atomic E-state index is 12.0. The number of hydrogen-bond acceptors (Lipinski definition) is 5. The SMILES string of the molecule is CCCNc1nccc(C(=O)NCc2ccncc2)n1. The van der Waals surface area contributed by atoms with Crippen LogP contribution in [-0.2, 0) is 6.54 Å². The van der Waals surface area contributed by atoms with Crippen molar-refractivity contribution >= 4 is 11.9 Å². The van der Waals surface area contributed by atoms with E-state index in [1.807, 2.05) is 12.1 Å². The Kier molecular flexibility index (Phi) is 5.00. The van der Waals surface area contributed by atoms with E-state index < -0.39 is 0 Å². The summed E-state index contributed by atoms with van der Waals surface area (Å²) in [5, 5.41) is 5.87. The lowest BCUT2D eigenvalue weighted by atomic mass is 10.2. The number of amides is 1. The van der Waals surface area contributed by atoms with Gasteiger partial charge in [-0.2, -0.15) is 0 Å². The summed E-state index contributed by atoms with van der Waals surface area (Å²) in [7, 11) is 0. The Balaban J connectivity index is 1.95. The van der Waals surface area contributed by atoms with Gasteiger partial charge < -0.3 is 10.6 Å². The molecule has 0 aliphatic heterocycles. The zero-order chi connectivity index (χ0) is 14.2. The van der Waals surface area contributed by atoms with E-state index in [1.54, 1.807) is 24.7 Å². The molecule has 2 aromatic heterocycles. The molecule has 2 heterocycles. The number of pyridine rings is 1. The van der Waals surface area contributed by atoms with Crippen LogP contribution in [0.3, 0.4) is 0 Å². The van der Waals surface area contributed by atoms with E-state index in [1.165, 1.54) is 0 Å². The quantitative estimate of drug-likeness (QED) is 0.834. The van der Waals surface area contributed by atoms with Crippen LogP contribution in [0.2, 0.25) is 0 Å². The minimum Gasteiger partial charge on any atom is -0.354 e. The molecule has 2 N–H and O–H groups in total. The molecule has 0 bridgehead atoms. The smallest absolute Gasteiger partial charge is 0.270 e. The fourth-order valence-electron chi connectivity index (χ4n) is 1.58. The Bertz CT molecular complexity index is 559. The van der Waals surface area contributed by atoms with E-state index in [-0.39, 0.29) is 5.91 Å². The molecule has 6 nitrogen and oxygen atoms in total. The second-order valence-corrected chi connectivity index (χ2v) is 4.23. The summed E-state index contributed by atoms with van der Waals surface area (Å²) in [4.78, 5) is 24.2. The van der Waals surface area contributed by atoms with E-state index in [0.29, 0.717) is 18.2 Å². The zero-order valence-corrected chi connectivity index (χ0v) is 11.3. The van der Waals surface area contributed by atoms with Crippen LogP contribution in [0.25, 0.3) is 0 Å². The lowest BCUT2D eigenvalue weighted by molar-refractivity contribution is 0.0946. The van der Waals surface area contributed by atoms with E-state index in [9.17, 15) is 4.79 Å². The van der Waals surface area contributed by atoms with Gasteiger partial charge in [-0.25, -0.2) is 9.97 Å². The first-order valence-corrected chi connectivity index (χ1v) is 6.53. The number of carbonyl (C=O) groups is 1. The molecule has 2 aromatic rings. The summed E-state index contributed by atoms with van der Waals surface area (Å²) in [6, 6.07) is 5.31. The molecule has 6 heteroatoms. The molecule has 0 saturated carbocycles. The van der Waals surface area contributed by atoms with Gasteiger partial charge in [-0.15, -0.1) is 0 Å². The number of anilines is 1. The van der Waals surface area contributed by atoms with E-state index in [2.05, 4.69) is 32.5 Å². The summed E-state index contributed by atoms with van der Waals surface area (Å²) in [5.41, 5.74) is 1.35. The highest BCUT2D eigenvalue weighted by Gasteiger charge is 2.08. The summed E-state index contributed by atoms with van der Waals surface area (Å²) in [6.45, 7) is 3.28. The largest absolute Gasteiger partial charge is 0.354 e. The molecule has 0 radical (unpaired) electrons. The van der Waals surface area contributed by atoms with Crippen molar-refractivity contribution in [3.63, 3.8) is 0 Å². The maximum Gasteiger partial charge on any atom is 0.270 e. The van der Waals surface area contributed by atoms with Crippen LogP contribution in [0.4, 0.5) is 5.95 Å². The first-order chi connectivity index (χ1) is 9.79. The molecule has 1 amide bonds. The van der Waals surface area contributed by atoms with Gasteiger partial charge in [0, 0.05) is 31.7 Å². The van der Waals surface area contributed by atoms with Crippen molar-refractivity contribution in [2.45, 2.75) is 19.9 Å². The van der Waals surface area contributed by atoms with Gasteiger partial charge in [0.2, 0.25) is 5.95 Å². The number of nitrogens with one attached hydrogen (secondary N) is 2. The normalized spacial score (nSPS) is 10.1. The Morgan fingerprint density at radius 1 is 1.20 bits per heavy atom. The Morgan fingerprint density at radius 2 is 2.00 bits per heavy atom. The zero-order valence-electron chi connectivity index (χ0n) is 11.3. The summed E-state index contributed by atoms with van der Waals surface area (Å²) in [5.74, 6) is 0.257. The van der Waals surface area contributed by atoms with Gasteiger partial charge in [0.1, 0.15) is 5.69 Å². The van der Waals surface area contributed by atoms with Crippen LogP contribution in [0.1, 0.15) is 29.4 Å². The summed E-state index contributed by atoms with van der Waals surface area (Å²) < 4.78 is 0. The molecule has 0 spiro atoms. The molecule has 104 valence electrons. The second-order valence-electron chi connectivity index (χ2n) is 4.23. The molecule has 2 rings (SSSR count). The molecule has 0 fully saturated rings. The first-order valence-electron chi connectivity index (χ1n) is 6.53. The van der Waals surface area contributed by atoms with Crippen molar-refractivity contribution in [3.8, 4) is 0 Å². The van der Waals surface area contributed by atoms with Crippen LogP contribution >= 0.6 is 0 Å². The lowest BCUT2D eigenvalue weighted by Crippen LogP contribution is -2.24. The minimum atomic E-state index is -0.219. The third-order valence-electron chi connectivity index (χ3n) is 2.62. The maximum absolute atomic E-state index is 12.0. The van der Waals surface area contributed by atoms with E-state index in [0.717, 1.165) is 18.5 Å². The fraction of sp³-hybridized carbons (Fsp3) is 0.286. The van der Waals surface area contributed by atoms with Gasteiger partial charge in [-0.05, 0) is 30.2 Å². The third kappa shape index (κ3) is 4.01.